The highest BCUT2D eigenvalue weighted by molar-refractivity contribution is 6.32. The van der Waals surface area contributed by atoms with Crippen molar-refractivity contribution in [2.75, 3.05) is 23.3 Å². The molecule has 0 radical (unpaired) electrons. The zero-order chi connectivity index (χ0) is 23.8. The standard InChI is InChI=1S/C25H25ClN6O2/c1-14-12-32(13-15(2)34-14)22-9-8-18(16(3)28-22)25(33)29-17-10-19(23(26)27-11-17)24-30-20-6-4-5-7-21(20)31-24/h4-11,14-15H,12-13H2,1-3H3,(H,29,33)(H,30,31)/t14-,15+. The predicted octanol–water partition coefficient (Wildman–Crippen LogP) is 4.85. The highest BCUT2D eigenvalue weighted by atomic mass is 35.5. The molecular formula is C25H25ClN6O2. The van der Waals surface area contributed by atoms with Crippen LogP contribution in [0.3, 0.4) is 0 Å². The number of nitrogens with zero attached hydrogens (tertiary/aromatic N) is 4. The van der Waals surface area contributed by atoms with Gasteiger partial charge in [-0.2, -0.15) is 0 Å². The van der Waals surface area contributed by atoms with Crippen LogP contribution >= 0.6 is 11.6 Å². The van der Waals surface area contributed by atoms with Gasteiger partial charge in [0.15, 0.2) is 0 Å². The minimum atomic E-state index is -0.264. The average Bonchev–Trinajstić information content (AvgIpc) is 3.23. The molecule has 0 bridgehead atoms. The molecule has 4 heterocycles. The van der Waals surface area contributed by atoms with E-state index in [1.807, 2.05) is 37.3 Å². The zero-order valence-electron chi connectivity index (χ0n) is 19.2. The third kappa shape index (κ3) is 4.47. The number of halogens is 1. The van der Waals surface area contributed by atoms with E-state index >= 15 is 0 Å². The number of nitrogens with one attached hydrogen (secondary N) is 2. The first-order valence-electron chi connectivity index (χ1n) is 11.2. The number of ether oxygens (including phenoxy) is 1. The van der Waals surface area contributed by atoms with Crippen molar-refractivity contribution in [3.8, 4) is 11.4 Å². The lowest BCUT2D eigenvalue weighted by atomic mass is 10.1. The summed E-state index contributed by atoms with van der Waals surface area (Å²) in [4.78, 5) is 32.0. The third-order valence-electron chi connectivity index (χ3n) is 5.80. The van der Waals surface area contributed by atoms with Crippen LogP contribution in [0.15, 0.2) is 48.7 Å². The Labute approximate surface area is 202 Å². The molecule has 4 aromatic rings. The summed E-state index contributed by atoms with van der Waals surface area (Å²) < 4.78 is 5.81. The van der Waals surface area contributed by atoms with Crippen molar-refractivity contribution < 1.29 is 9.53 Å². The van der Waals surface area contributed by atoms with Gasteiger partial charge in [0.05, 0.1) is 51.9 Å². The second kappa shape index (κ2) is 9.04. The molecule has 0 spiro atoms. The second-order valence-electron chi connectivity index (χ2n) is 8.58. The van der Waals surface area contributed by atoms with Crippen LogP contribution in [-0.2, 0) is 4.74 Å². The van der Waals surface area contributed by atoms with Crippen molar-refractivity contribution >= 4 is 40.0 Å². The van der Waals surface area contributed by atoms with Crippen molar-refractivity contribution in [3.05, 3.63) is 65.1 Å². The van der Waals surface area contributed by atoms with E-state index in [2.05, 4.69) is 44.0 Å². The van der Waals surface area contributed by atoms with Crippen LogP contribution in [0.25, 0.3) is 22.4 Å². The van der Waals surface area contributed by atoms with E-state index in [0.717, 1.165) is 29.9 Å². The van der Waals surface area contributed by atoms with Crippen LogP contribution in [0, 0.1) is 6.92 Å². The van der Waals surface area contributed by atoms with Crippen LogP contribution < -0.4 is 10.2 Å². The third-order valence-corrected chi connectivity index (χ3v) is 6.10. The molecule has 1 fully saturated rings. The van der Waals surface area contributed by atoms with Gasteiger partial charge >= 0.3 is 0 Å². The van der Waals surface area contributed by atoms with Gasteiger partial charge in [0.2, 0.25) is 0 Å². The lowest BCUT2D eigenvalue weighted by Gasteiger charge is -2.36. The average molecular weight is 477 g/mol. The summed E-state index contributed by atoms with van der Waals surface area (Å²) >= 11 is 6.34. The van der Waals surface area contributed by atoms with E-state index in [1.165, 1.54) is 6.20 Å². The van der Waals surface area contributed by atoms with Gasteiger partial charge in [-0.25, -0.2) is 15.0 Å². The van der Waals surface area contributed by atoms with Crippen molar-refractivity contribution in [1.82, 2.24) is 19.9 Å². The number of imidazole rings is 1. The van der Waals surface area contributed by atoms with Crippen LogP contribution in [0.2, 0.25) is 5.15 Å². The Hall–Kier alpha value is -3.49. The maximum Gasteiger partial charge on any atom is 0.257 e. The Morgan fingerprint density at radius 1 is 1.15 bits per heavy atom. The number of H-pyrrole nitrogens is 1. The maximum atomic E-state index is 13.0. The van der Waals surface area contributed by atoms with Crippen LogP contribution in [0.1, 0.15) is 29.9 Å². The van der Waals surface area contributed by atoms with Crippen molar-refractivity contribution in [2.24, 2.45) is 0 Å². The summed E-state index contributed by atoms with van der Waals surface area (Å²) in [6.45, 7) is 7.48. The highest BCUT2D eigenvalue weighted by Gasteiger charge is 2.24. The molecule has 0 aliphatic carbocycles. The lowest BCUT2D eigenvalue weighted by molar-refractivity contribution is -0.00547. The molecule has 1 aromatic carbocycles. The monoisotopic (exact) mass is 476 g/mol. The molecule has 9 heteroatoms. The molecule has 1 aliphatic rings. The van der Waals surface area contributed by atoms with Gasteiger partial charge in [-0.05, 0) is 51.1 Å². The normalized spacial score (nSPS) is 18.3. The largest absolute Gasteiger partial charge is 0.372 e. The number of rotatable bonds is 4. The number of anilines is 2. The first kappa shape index (κ1) is 22.3. The Kier molecular flexibility index (Phi) is 5.93. The summed E-state index contributed by atoms with van der Waals surface area (Å²) in [5.74, 6) is 1.17. The number of pyridine rings is 2. The number of aromatic amines is 1. The molecule has 8 nitrogen and oxygen atoms in total. The number of benzene rings is 1. The molecule has 1 aliphatic heterocycles. The fraction of sp³-hybridized carbons (Fsp3) is 0.280. The predicted molar refractivity (Wildman–Crippen MR) is 133 cm³/mol. The number of carbonyl (C=O) groups is 1. The number of aromatic nitrogens is 4. The van der Waals surface area contributed by atoms with E-state index in [1.54, 1.807) is 12.1 Å². The number of fused-ring (bicyclic) bond motifs is 1. The molecule has 5 rings (SSSR count). The summed E-state index contributed by atoms with van der Waals surface area (Å²) in [7, 11) is 0. The topological polar surface area (TPSA) is 96.0 Å². The highest BCUT2D eigenvalue weighted by Crippen LogP contribution is 2.29. The van der Waals surface area contributed by atoms with Gasteiger partial charge in [0, 0.05) is 13.1 Å². The Balaban J connectivity index is 1.36. The van der Waals surface area contributed by atoms with E-state index in [0.29, 0.717) is 33.5 Å². The molecule has 3 aromatic heterocycles. The van der Waals surface area contributed by atoms with E-state index in [4.69, 9.17) is 16.3 Å². The molecule has 1 amide bonds. The van der Waals surface area contributed by atoms with Crippen molar-refractivity contribution in [3.63, 3.8) is 0 Å². The molecular weight excluding hydrogens is 452 g/mol. The van der Waals surface area contributed by atoms with Crippen LogP contribution in [-0.4, -0.2) is 51.1 Å². The quantitative estimate of drug-likeness (QED) is 0.409. The van der Waals surface area contributed by atoms with Gasteiger partial charge in [-0.15, -0.1) is 0 Å². The maximum absolute atomic E-state index is 13.0. The smallest absolute Gasteiger partial charge is 0.257 e. The first-order chi connectivity index (χ1) is 16.4. The summed E-state index contributed by atoms with van der Waals surface area (Å²) in [6, 6.07) is 13.2. The fourth-order valence-corrected chi connectivity index (χ4v) is 4.48. The number of para-hydroxylation sites is 2. The Morgan fingerprint density at radius 3 is 2.65 bits per heavy atom. The number of morpholine rings is 1. The second-order valence-corrected chi connectivity index (χ2v) is 8.94. The number of amides is 1. The molecule has 2 N–H and O–H groups in total. The summed E-state index contributed by atoms with van der Waals surface area (Å²) in [5, 5.41) is 3.21. The van der Waals surface area contributed by atoms with Crippen LogP contribution in [0.4, 0.5) is 11.5 Å². The summed E-state index contributed by atoms with van der Waals surface area (Å²) in [6.07, 6.45) is 1.79. The minimum Gasteiger partial charge on any atom is -0.372 e. The molecule has 0 saturated carbocycles. The van der Waals surface area contributed by atoms with E-state index < -0.39 is 0 Å². The molecule has 2 atom stereocenters. The van der Waals surface area contributed by atoms with Gasteiger partial charge in [-0.1, -0.05) is 23.7 Å². The number of aryl methyl sites for hydroxylation is 1. The van der Waals surface area contributed by atoms with Gasteiger partial charge < -0.3 is 19.9 Å². The van der Waals surface area contributed by atoms with Gasteiger partial charge in [-0.3, -0.25) is 4.79 Å². The zero-order valence-corrected chi connectivity index (χ0v) is 19.9. The number of hydrogen-bond donors (Lipinski definition) is 2. The SMILES string of the molecule is Cc1nc(N2C[C@@H](C)O[C@@H](C)C2)ccc1C(=O)Nc1cnc(Cl)c(-c2nc3ccccc3[nH]2)c1. The first-order valence-corrected chi connectivity index (χ1v) is 11.6. The Bertz CT molecular complexity index is 1330. The van der Waals surface area contributed by atoms with Crippen LogP contribution in [0.5, 0.6) is 0 Å². The fourth-order valence-electron chi connectivity index (χ4n) is 4.29. The molecule has 0 unspecified atom stereocenters. The van der Waals surface area contributed by atoms with Crippen molar-refractivity contribution in [2.45, 2.75) is 33.0 Å². The van der Waals surface area contributed by atoms with Crippen molar-refractivity contribution in [1.29, 1.82) is 0 Å². The van der Waals surface area contributed by atoms with E-state index in [-0.39, 0.29) is 18.1 Å². The lowest BCUT2D eigenvalue weighted by Crippen LogP contribution is -2.45. The Morgan fingerprint density at radius 2 is 1.91 bits per heavy atom. The molecule has 34 heavy (non-hydrogen) atoms. The van der Waals surface area contributed by atoms with Gasteiger partial charge in [0.25, 0.3) is 5.91 Å². The van der Waals surface area contributed by atoms with E-state index in [9.17, 15) is 4.79 Å². The molecule has 174 valence electrons. The number of hydrogen-bond acceptors (Lipinski definition) is 6. The minimum absolute atomic E-state index is 0.132. The number of carbonyl (C=O) groups excluding carboxylic acids is 1. The summed E-state index contributed by atoms with van der Waals surface area (Å²) in [5.41, 5.74) is 4.00. The van der Waals surface area contributed by atoms with Gasteiger partial charge in [0.1, 0.15) is 16.8 Å². The molecule has 1 saturated heterocycles.